The maximum absolute atomic E-state index is 12.7. The minimum atomic E-state index is -0.0549. The number of piperidine rings is 1. The Morgan fingerprint density at radius 2 is 2.33 bits per heavy atom. The SMILES string of the molecule is CN(Cc1ccsc1)[C@@H]1CCCN(c2ccn(C)n2)C1=O. The Hall–Kier alpha value is -1.66. The Morgan fingerprint density at radius 3 is 3.00 bits per heavy atom. The number of likely N-dealkylation sites (N-methyl/N-ethyl adjacent to an activating group) is 1. The molecule has 6 heteroatoms. The van der Waals surface area contributed by atoms with Crippen LogP contribution in [-0.4, -0.2) is 40.2 Å². The minimum absolute atomic E-state index is 0.0549. The van der Waals surface area contributed by atoms with E-state index in [4.69, 9.17) is 0 Å². The van der Waals surface area contributed by atoms with Crippen molar-refractivity contribution in [2.45, 2.75) is 25.4 Å². The molecule has 0 spiro atoms. The molecule has 1 amide bonds. The zero-order chi connectivity index (χ0) is 14.8. The van der Waals surface area contributed by atoms with Gasteiger partial charge in [0.2, 0.25) is 5.91 Å². The number of amides is 1. The lowest BCUT2D eigenvalue weighted by Gasteiger charge is -2.35. The van der Waals surface area contributed by atoms with Gasteiger partial charge < -0.3 is 0 Å². The second-order valence-electron chi connectivity index (χ2n) is 5.54. The molecular formula is C15H20N4OS. The van der Waals surface area contributed by atoms with Crippen LogP contribution in [0.1, 0.15) is 18.4 Å². The van der Waals surface area contributed by atoms with Gasteiger partial charge in [0.1, 0.15) is 0 Å². The molecule has 0 bridgehead atoms. The highest BCUT2D eigenvalue weighted by Gasteiger charge is 2.33. The van der Waals surface area contributed by atoms with Crippen LogP contribution in [0.2, 0.25) is 0 Å². The molecule has 21 heavy (non-hydrogen) atoms. The number of rotatable bonds is 4. The van der Waals surface area contributed by atoms with Crippen LogP contribution in [0.25, 0.3) is 0 Å². The molecule has 1 aliphatic heterocycles. The van der Waals surface area contributed by atoms with E-state index in [9.17, 15) is 4.79 Å². The fraction of sp³-hybridized carbons (Fsp3) is 0.467. The van der Waals surface area contributed by atoms with Crippen LogP contribution >= 0.6 is 11.3 Å². The normalized spacial score (nSPS) is 19.5. The lowest BCUT2D eigenvalue weighted by molar-refractivity contribution is -0.125. The van der Waals surface area contributed by atoms with Gasteiger partial charge in [-0.25, -0.2) is 0 Å². The maximum Gasteiger partial charge on any atom is 0.245 e. The zero-order valence-corrected chi connectivity index (χ0v) is 13.2. The highest BCUT2D eigenvalue weighted by Crippen LogP contribution is 2.23. The van der Waals surface area contributed by atoms with Crippen molar-refractivity contribution in [3.05, 3.63) is 34.7 Å². The van der Waals surface area contributed by atoms with E-state index in [0.29, 0.717) is 0 Å². The van der Waals surface area contributed by atoms with E-state index in [1.54, 1.807) is 16.0 Å². The van der Waals surface area contributed by atoms with Gasteiger partial charge >= 0.3 is 0 Å². The molecule has 2 aromatic rings. The fourth-order valence-electron chi connectivity index (χ4n) is 2.82. The van der Waals surface area contributed by atoms with E-state index in [1.807, 2.05) is 31.3 Å². The third-order valence-electron chi connectivity index (χ3n) is 3.93. The summed E-state index contributed by atoms with van der Waals surface area (Å²) in [6.45, 7) is 1.58. The standard InChI is InChI=1S/C15H20N4OS/c1-17(10-12-6-9-21-11-12)13-4-3-7-19(15(13)20)14-5-8-18(2)16-14/h5-6,8-9,11,13H,3-4,7,10H2,1-2H3/t13-/m1/s1. The molecule has 0 aromatic carbocycles. The molecule has 5 nitrogen and oxygen atoms in total. The van der Waals surface area contributed by atoms with Crippen molar-refractivity contribution < 1.29 is 4.79 Å². The van der Waals surface area contributed by atoms with E-state index in [0.717, 1.165) is 31.7 Å². The van der Waals surface area contributed by atoms with Crippen molar-refractivity contribution in [3.63, 3.8) is 0 Å². The van der Waals surface area contributed by atoms with E-state index in [-0.39, 0.29) is 11.9 Å². The van der Waals surface area contributed by atoms with E-state index >= 15 is 0 Å². The largest absolute Gasteiger partial charge is 0.294 e. The van der Waals surface area contributed by atoms with Crippen LogP contribution in [0.4, 0.5) is 5.82 Å². The number of nitrogens with zero attached hydrogens (tertiary/aromatic N) is 4. The second-order valence-corrected chi connectivity index (χ2v) is 6.32. The molecule has 3 heterocycles. The first-order valence-electron chi connectivity index (χ1n) is 7.17. The Labute approximate surface area is 128 Å². The summed E-state index contributed by atoms with van der Waals surface area (Å²) < 4.78 is 1.74. The summed E-state index contributed by atoms with van der Waals surface area (Å²) >= 11 is 1.69. The molecule has 0 aliphatic carbocycles. The molecule has 0 N–H and O–H groups in total. The third kappa shape index (κ3) is 3.01. The van der Waals surface area contributed by atoms with Gasteiger partial charge in [0.05, 0.1) is 6.04 Å². The smallest absolute Gasteiger partial charge is 0.245 e. The molecule has 0 saturated carbocycles. The minimum Gasteiger partial charge on any atom is -0.294 e. The van der Waals surface area contributed by atoms with Crippen molar-refractivity contribution in [1.29, 1.82) is 0 Å². The number of hydrogen-bond donors (Lipinski definition) is 0. The molecule has 1 fully saturated rings. The average molecular weight is 304 g/mol. The second kappa shape index (κ2) is 5.99. The Morgan fingerprint density at radius 1 is 1.48 bits per heavy atom. The molecule has 0 unspecified atom stereocenters. The summed E-state index contributed by atoms with van der Waals surface area (Å²) in [5.74, 6) is 0.925. The van der Waals surface area contributed by atoms with Crippen LogP contribution < -0.4 is 4.90 Å². The Kier molecular flexibility index (Phi) is 4.07. The predicted molar refractivity (Wildman–Crippen MR) is 84.4 cm³/mol. The van der Waals surface area contributed by atoms with Gasteiger partial charge in [0, 0.05) is 32.4 Å². The van der Waals surface area contributed by atoms with Crippen LogP contribution in [0.3, 0.4) is 0 Å². The number of thiophene rings is 1. The quantitative estimate of drug-likeness (QED) is 0.869. The first kappa shape index (κ1) is 14.3. The number of carbonyl (C=O) groups is 1. The van der Waals surface area contributed by atoms with Gasteiger partial charge in [-0.2, -0.15) is 16.4 Å². The first-order valence-corrected chi connectivity index (χ1v) is 8.12. The van der Waals surface area contributed by atoms with Gasteiger partial charge in [0.25, 0.3) is 0 Å². The zero-order valence-electron chi connectivity index (χ0n) is 12.4. The van der Waals surface area contributed by atoms with E-state index < -0.39 is 0 Å². The number of hydrogen-bond acceptors (Lipinski definition) is 4. The maximum atomic E-state index is 12.7. The van der Waals surface area contributed by atoms with Crippen LogP contribution in [0.15, 0.2) is 29.1 Å². The molecular weight excluding hydrogens is 284 g/mol. The molecule has 1 atom stereocenters. The van der Waals surface area contributed by atoms with Gasteiger partial charge in [-0.15, -0.1) is 0 Å². The lowest BCUT2D eigenvalue weighted by atomic mass is 10.0. The topological polar surface area (TPSA) is 41.4 Å². The highest BCUT2D eigenvalue weighted by atomic mass is 32.1. The van der Waals surface area contributed by atoms with E-state index in [1.165, 1.54) is 5.56 Å². The van der Waals surface area contributed by atoms with Crippen molar-refractivity contribution in [2.75, 3.05) is 18.5 Å². The van der Waals surface area contributed by atoms with Crippen LogP contribution in [-0.2, 0) is 18.4 Å². The Balaban J connectivity index is 1.72. The molecule has 1 saturated heterocycles. The summed E-state index contributed by atoms with van der Waals surface area (Å²) in [6, 6.07) is 3.96. The monoisotopic (exact) mass is 304 g/mol. The molecule has 3 rings (SSSR count). The van der Waals surface area contributed by atoms with Crippen LogP contribution in [0, 0.1) is 0 Å². The summed E-state index contributed by atoms with van der Waals surface area (Å²) in [6.07, 6.45) is 3.81. The van der Waals surface area contributed by atoms with Crippen LogP contribution in [0.5, 0.6) is 0 Å². The molecule has 112 valence electrons. The Bertz CT molecular complexity index is 607. The number of anilines is 1. The molecule has 1 aliphatic rings. The average Bonchev–Trinajstić information content (AvgIpc) is 3.10. The number of aryl methyl sites for hydroxylation is 1. The molecule has 0 radical (unpaired) electrons. The molecule has 2 aromatic heterocycles. The van der Waals surface area contributed by atoms with Crippen molar-refractivity contribution in [3.8, 4) is 0 Å². The van der Waals surface area contributed by atoms with Crippen molar-refractivity contribution in [2.24, 2.45) is 7.05 Å². The summed E-state index contributed by atoms with van der Waals surface area (Å²) in [7, 11) is 3.90. The fourth-order valence-corrected chi connectivity index (χ4v) is 3.48. The van der Waals surface area contributed by atoms with Gasteiger partial charge in [0.15, 0.2) is 5.82 Å². The predicted octanol–water partition coefficient (Wildman–Crippen LogP) is 2.11. The van der Waals surface area contributed by atoms with E-state index in [2.05, 4.69) is 26.8 Å². The van der Waals surface area contributed by atoms with Gasteiger partial charge in [-0.05, 0) is 42.3 Å². The van der Waals surface area contributed by atoms with Gasteiger partial charge in [-0.3, -0.25) is 19.3 Å². The number of aromatic nitrogens is 2. The highest BCUT2D eigenvalue weighted by molar-refractivity contribution is 7.07. The lowest BCUT2D eigenvalue weighted by Crippen LogP contribution is -2.51. The van der Waals surface area contributed by atoms with Crippen molar-refractivity contribution >= 4 is 23.1 Å². The van der Waals surface area contributed by atoms with Crippen molar-refractivity contribution in [1.82, 2.24) is 14.7 Å². The number of carbonyl (C=O) groups excluding carboxylic acids is 1. The summed E-state index contributed by atoms with van der Waals surface area (Å²) in [5.41, 5.74) is 1.27. The summed E-state index contributed by atoms with van der Waals surface area (Å²) in [5, 5.41) is 8.57. The summed E-state index contributed by atoms with van der Waals surface area (Å²) in [4.78, 5) is 16.7. The first-order chi connectivity index (χ1) is 10.1. The van der Waals surface area contributed by atoms with Gasteiger partial charge in [-0.1, -0.05) is 0 Å². The third-order valence-corrected chi connectivity index (χ3v) is 4.66.